The molecule has 0 aliphatic carbocycles. The lowest BCUT2D eigenvalue weighted by Crippen LogP contribution is -1.94. The third kappa shape index (κ3) is 3.29. The van der Waals surface area contributed by atoms with Crippen LogP contribution < -0.4 is 0 Å². The Bertz CT molecular complexity index is 477. The van der Waals surface area contributed by atoms with Gasteiger partial charge in [-0.2, -0.15) is 10.2 Å². The molecule has 18 heavy (non-hydrogen) atoms. The van der Waals surface area contributed by atoms with Gasteiger partial charge in [-0.15, -0.1) is 0 Å². The normalized spacial score (nSPS) is 10.5. The Kier molecular flexibility index (Phi) is 4.29. The van der Waals surface area contributed by atoms with Crippen LogP contribution in [0.2, 0.25) is 0 Å². The highest BCUT2D eigenvalue weighted by Crippen LogP contribution is 2.19. The zero-order valence-electron chi connectivity index (χ0n) is 10.6. The highest BCUT2D eigenvalue weighted by atomic mass is 16.3. The molecule has 0 saturated heterocycles. The first-order valence-corrected chi connectivity index (χ1v) is 6.41. The molecule has 0 unspecified atom stereocenters. The molecule has 1 N–H and O–H groups in total. The quantitative estimate of drug-likeness (QED) is 0.815. The summed E-state index contributed by atoms with van der Waals surface area (Å²) in [7, 11) is 0. The first-order valence-electron chi connectivity index (χ1n) is 6.41. The Morgan fingerprint density at radius 1 is 0.944 bits per heavy atom. The summed E-state index contributed by atoms with van der Waals surface area (Å²) in [5, 5.41) is 17.7. The molecule has 1 aromatic carbocycles. The lowest BCUT2D eigenvalue weighted by molar-refractivity contribution is 0.475. The summed E-state index contributed by atoms with van der Waals surface area (Å²) < 4.78 is 0. The number of rotatable bonds is 5. The molecular weight excluding hydrogens is 224 g/mol. The van der Waals surface area contributed by atoms with Crippen molar-refractivity contribution in [2.75, 3.05) is 0 Å². The molecule has 0 saturated carbocycles. The van der Waals surface area contributed by atoms with Crippen LogP contribution in [0.25, 0.3) is 11.3 Å². The highest BCUT2D eigenvalue weighted by Gasteiger charge is 2.01. The lowest BCUT2D eigenvalue weighted by atomic mass is 10.1. The Labute approximate surface area is 108 Å². The van der Waals surface area contributed by atoms with E-state index in [9.17, 15) is 5.11 Å². The average molecular weight is 242 g/mol. The third-order valence-corrected chi connectivity index (χ3v) is 2.92. The van der Waals surface area contributed by atoms with Gasteiger partial charge in [0, 0.05) is 5.56 Å². The maximum Gasteiger partial charge on any atom is 0.115 e. The molecule has 0 atom stereocenters. The number of benzene rings is 1. The van der Waals surface area contributed by atoms with Gasteiger partial charge in [-0.05, 0) is 49.2 Å². The molecule has 0 spiro atoms. The zero-order valence-corrected chi connectivity index (χ0v) is 10.6. The fourth-order valence-electron chi connectivity index (χ4n) is 1.84. The number of hydrogen-bond donors (Lipinski definition) is 1. The summed E-state index contributed by atoms with van der Waals surface area (Å²) in [5.41, 5.74) is 2.86. The summed E-state index contributed by atoms with van der Waals surface area (Å²) in [4.78, 5) is 0. The van der Waals surface area contributed by atoms with Gasteiger partial charge in [-0.1, -0.05) is 19.8 Å². The van der Waals surface area contributed by atoms with Crippen molar-refractivity contribution >= 4 is 0 Å². The van der Waals surface area contributed by atoms with Crippen LogP contribution in [0.15, 0.2) is 36.4 Å². The van der Waals surface area contributed by atoms with E-state index in [1.165, 1.54) is 19.3 Å². The van der Waals surface area contributed by atoms with E-state index in [0.717, 1.165) is 23.4 Å². The smallest absolute Gasteiger partial charge is 0.115 e. The average Bonchev–Trinajstić information content (AvgIpc) is 2.41. The van der Waals surface area contributed by atoms with Gasteiger partial charge in [0.15, 0.2) is 0 Å². The highest BCUT2D eigenvalue weighted by molar-refractivity contribution is 5.59. The van der Waals surface area contributed by atoms with E-state index in [0.29, 0.717) is 0 Å². The van der Waals surface area contributed by atoms with E-state index in [-0.39, 0.29) is 5.75 Å². The number of aromatic nitrogens is 2. The van der Waals surface area contributed by atoms with Crippen molar-refractivity contribution in [3.63, 3.8) is 0 Å². The van der Waals surface area contributed by atoms with Gasteiger partial charge >= 0.3 is 0 Å². The van der Waals surface area contributed by atoms with E-state index in [1.807, 2.05) is 24.3 Å². The van der Waals surface area contributed by atoms with Crippen molar-refractivity contribution in [1.29, 1.82) is 0 Å². The van der Waals surface area contributed by atoms with Crippen molar-refractivity contribution in [2.45, 2.75) is 32.6 Å². The molecule has 0 radical (unpaired) electrons. The van der Waals surface area contributed by atoms with Crippen LogP contribution in [0.1, 0.15) is 31.9 Å². The van der Waals surface area contributed by atoms with Gasteiger partial charge in [0.2, 0.25) is 0 Å². The summed E-state index contributed by atoms with van der Waals surface area (Å²) >= 11 is 0. The molecule has 94 valence electrons. The number of unbranched alkanes of at least 4 members (excludes halogenated alkanes) is 2. The van der Waals surface area contributed by atoms with E-state index in [1.54, 1.807) is 12.1 Å². The summed E-state index contributed by atoms with van der Waals surface area (Å²) in [6.07, 6.45) is 4.63. The Morgan fingerprint density at radius 2 is 1.72 bits per heavy atom. The van der Waals surface area contributed by atoms with Crippen LogP contribution in [-0.2, 0) is 6.42 Å². The van der Waals surface area contributed by atoms with Gasteiger partial charge in [0.05, 0.1) is 11.4 Å². The van der Waals surface area contributed by atoms with Crippen LogP contribution in [-0.4, -0.2) is 15.3 Å². The number of phenolic OH excluding ortho intramolecular Hbond substituents is 1. The first-order chi connectivity index (χ1) is 8.79. The van der Waals surface area contributed by atoms with Gasteiger partial charge < -0.3 is 5.11 Å². The predicted octanol–water partition coefficient (Wildman–Crippen LogP) is 3.58. The number of nitrogens with zero attached hydrogens (tertiary/aromatic N) is 2. The minimum Gasteiger partial charge on any atom is -0.508 e. The van der Waals surface area contributed by atoms with Crippen LogP contribution in [0.3, 0.4) is 0 Å². The Balaban J connectivity index is 2.05. The second kappa shape index (κ2) is 6.15. The molecule has 0 amide bonds. The van der Waals surface area contributed by atoms with Crippen LogP contribution in [0.5, 0.6) is 5.75 Å². The van der Waals surface area contributed by atoms with Crippen molar-refractivity contribution in [1.82, 2.24) is 10.2 Å². The zero-order chi connectivity index (χ0) is 12.8. The molecule has 0 aliphatic rings. The summed E-state index contributed by atoms with van der Waals surface area (Å²) in [5.74, 6) is 0.267. The van der Waals surface area contributed by atoms with Gasteiger partial charge in [0.25, 0.3) is 0 Å². The van der Waals surface area contributed by atoms with Crippen molar-refractivity contribution < 1.29 is 5.11 Å². The number of hydrogen-bond acceptors (Lipinski definition) is 3. The second-order valence-corrected chi connectivity index (χ2v) is 4.41. The number of phenols is 1. The van der Waals surface area contributed by atoms with Gasteiger partial charge in [-0.25, -0.2) is 0 Å². The van der Waals surface area contributed by atoms with Crippen LogP contribution >= 0.6 is 0 Å². The minimum atomic E-state index is 0.267. The van der Waals surface area contributed by atoms with Crippen molar-refractivity contribution in [3.8, 4) is 17.0 Å². The van der Waals surface area contributed by atoms with Crippen LogP contribution in [0, 0.1) is 0 Å². The molecule has 2 aromatic rings. The summed E-state index contributed by atoms with van der Waals surface area (Å²) in [6, 6.07) is 11.0. The van der Waals surface area contributed by atoms with Gasteiger partial charge in [-0.3, -0.25) is 0 Å². The van der Waals surface area contributed by atoms with Gasteiger partial charge in [0.1, 0.15) is 5.75 Å². The van der Waals surface area contributed by atoms with E-state index in [2.05, 4.69) is 17.1 Å². The second-order valence-electron chi connectivity index (χ2n) is 4.41. The molecule has 3 heteroatoms. The van der Waals surface area contributed by atoms with E-state index in [4.69, 9.17) is 0 Å². The number of aryl methyl sites for hydroxylation is 1. The molecule has 3 nitrogen and oxygen atoms in total. The fraction of sp³-hybridized carbons (Fsp3) is 0.333. The Morgan fingerprint density at radius 3 is 2.33 bits per heavy atom. The predicted molar refractivity (Wildman–Crippen MR) is 72.4 cm³/mol. The third-order valence-electron chi connectivity index (χ3n) is 2.92. The maximum absolute atomic E-state index is 9.23. The van der Waals surface area contributed by atoms with Crippen LogP contribution in [0.4, 0.5) is 0 Å². The molecule has 0 bridgehead atoms. The minimum absolute atomic E-state index is 0.267. The van der Waals surface area contributed by atoms with Crippen molar-refractivity contribution in [3.05, 3.63) is 42.1 Å². The molecule has 2 rings (SSSR count). The Hall–Kier alpha value is -1.90. The van der Waals surface area contributed by atoms with Crippen molar-refractivity contribution in [2.24, 2.45) is 0 Å². The topological polar surface area (TPSA) is 46.0 Å². The molecule has 1 heterocycles. The molecule has 1 aromatic heterocycles. The maximum atomic E-state index is 9.23. The largest absolute Gasteiger partial charge is 0.508 e. The molecular formula is C15H18N2O. The SMILES string of the molecule is CCCCCc1ccc(-c2ccc(O)cc2)nn1. The number of aromatic hydroxyl groups is 1. The summed E-state index contributed by atoms with van der Waals surface area (Å²) in [6.45, 7) is 2.19. The van der Waals surface area contributed by atoms with E-state index < -0.39 is 0 Å². The monoisotopic (exact) mass is 242 g/mol. The fourth-order valence-corrected chi connectivity index (χ4v) is 1.84. The first kappa shape index (κ1) is 12.6. The lowest BCUT2D eigenvalue weighted by Gasteiger charge is -2.02. The molecule has 0 aliphatic heterocycles. The molecule has 0 fully saturated rings. The standard InChI is InChI=1S/C15H18N2O/c1-2-3-4-5-13-8-11-15(17-16-13)12-6-9-14(18)10-7-12/h6-11,18H,2-5H2,1H3. The van der Waals surface area contributed by atoms with E-state index >= 15 is 0 Å².